The van der Waals surface area contributed by atoms with Crippen molar-refractivity contribution in [3.8, 4) is 16.9 Å². The fraction of sp³-hybridized carbons (Fsp3) is 0.382. The zero-order chi connectivity index (χ0) is 33.9. The van der Waals surface area contributed by atoms with Gasteiger partial charge >= 0.3 is 18.7 Å². The maximum atomic E-state index is 15.7. The predicted molar refractivity (Wildman–Crippen MR) is 168 cm³/mol. The van der Waals surface area contributed by atoms with Gasteiger partial charge in [0.1, 0.15) is 23.0 Å². The number of alkyl halides is 2. The minimum atomic E-state index is -3.07. The second-order valence-corrected chi connectivity index (χ2v) is 13.3. The summed E-state index contributed by atoms with van der Waals surface area (Å²) >= 11 is 0. The molecule has 0 unspecified atom stereocenters. The summed E-state index contributed by atoms with van der Waals surface area (Å²) in [6, 6.07) is 8.54. The van der Waals surface area contributed by atoms with Crippen molar-refractivity contribution < 1.29 is 37.3 Å². The summed E-state index contributed by atoms with van der Waals surface area (Å²) in [6.07, 6.45) is 5.11. The minimum Gasteiger partial charge on any atom is -0.481 e. The van der Waals surface area contributed by atoms with Crippen molar-refractivity contribution in [2.45, 2.75) is 52.0 Å². The number of benzene rings is 2. The normalized spacial score (nSPS) is 20.6. The zero-order valence-electron chi connectivity index (χ0n) is 26.4. The van der Waals surface area contributed by atoms with Gasteiger partial charge < -0.3 is 24.0 Å². The van der Waals surface area contributed by atoms with Crippen LogP contribution in [0.5, 0.6) is 5.75 Å². The smallest absolute Gasteiger partial charge is 0.410 e. The van der Waals surface area contributed by atoms with Gasteiger partial charge in [0, 0.05) is 54.8 Å². The lowest BCUT2D eigenvalue weighted by molar-refractivity contribution is -0.141. The summed E-state index contributed by atoms with van der Waals surface area (Å²) in [6.45, 7) is 3.17. The summed E-state index contributed by atoms with van der Waals surface area (Å²) in [4.78, 5) is 42.0. The molecule has 7 rings (SSSR count). The van der Waals surface area contributed by atoms with Crippen LogP contribution in [0.25, 0.3) is 22.2 Å². The molecule has 250 valence electrons. The number of rotatable bonds is 6. The van der Waals surface area contributed by atoms with Gasteiger partial charge in [0.2, 0.25) is 5.95 Å². The Morgan fingerprint density at radius 2 is 1.81 bits per heavy atom. The molecule has 3 atom stereocenters. The van der Waals surface area contributed by atoms with Crippen molar-refractivity contribution in [1.29, 1.82) is 0 Å². The van der Waals surface area contributed by atoms with Gasteiger partial charge in [0.25, 0.3) is 0 Å². The first-order chi connectivity index (χ1) is 22.9. The monoisotopic (exact) mass is 662 g/mol. The number of carbonyl (C=O) groups excluding carboxylic acids is 1. The van der Waals surface area contributed by atoms with E-state index in [2.05, 4.69) is 15.0 Å². The van der Waals surface area contributed by atoms with Crippen molar-refractivity contribution in [2.75, 3.05) is 24.5 Å². The van der Waals surface area contributed by atoms with Gasteiger partial charge in [0.15, 0.2) is 0 Å². The second kappa shape index (κ2) is 11.8. The Morgan fingerprint density at radius 3 is 2.50 bits per heavy atom. The molecular formula is C34H33F3N6O5. The molecular weight excluding hydrogens is 629 g/mol. The lowest BCUT2D eigenvalue weighted by atomic mass is 9.87. The van der Waals surface area contributed by atoms with E-state index in [4.69, 9.17) is 9.47 Å². The zero-order valence-corrected chi connectivity index (χ0v) is 26.4. The van der Waals surface area contributed by atoms with E-state index in [1.165, 1.54) is 29.4 Å². The Labute approximate surface area is 273 Å². The van der Waals surface area contributed by atoms with Crippen molar-refractivity contribution in [1.82, 2.24) is 24.4 Å². The standard InChI is InChI=1S/C34H33F3N6O5/c1-34(2,3)48-33(46)42-16-26(21-6-4-5-7-27(21)47-31(36)37)43-25-10-22(23(35)11-24(25)40-28(43)17-42)20-12-38-32(39-13-20)41-14-18-8-9-19(15-41)29(18)30(44)45/h4-8,10-13,19,26,29,31H,9,14-17H2,1-3H3,(H,44,45)/t19-,26-,29+/m1/s1. The molecule has 0 saturated carbocycles. The van der Waals surface area contributed by atoms with Crippen molar-refractivity contribution in [3.05, 3.63) is 77.6 Å². The quantitative estimate of drug-likeness (QED) is 0.246. The Morgan fingerprint density at radius 1 is 1.06 bits per heavy atom. The number of aromatic nitrogens is 4. The van der Waals surface area contributed by atoms with Gasteiger partial charge in [-0.25, -0.2) is 24.1 Å². The Kier molecular flexibility index (Phi) is 7.75. The van der Waals surface area contributed by atoms with E-state index < -0.39 is 42.1 Å². The molecule has 2 aliphatic heterocycles. The molecule has 0 spiro atoms. The maximum Gasteiger partial charge on any atom is 0.410 e. The van der Waals surface area contributed by atoms with E-state index in [0.29, 0.717) is 53.4 Å². The first kappa shape index (κ1) is 31.5. The highest BCUT2D eigenvalue weighted by Crippen LogP contribution is 2.40. The number of fused-ring (bicyclic) bond motifs is 5. The number of carboxylic acid groups (broad SMARTS) is 1. The van der Waals surface area contributed by atoms with E-state index in [1.807, 2.05) is 15.5 Å². The summed E-state index contributed by atoms with van der Waals surface area (Å²) in [7, 11) is 0. The van der Waals surface area contributed by atoms with E-state index in [1.54, 1.807) is 45.0 Å². The van der Waals surface area contributed by atoms with Crippen LogP contribution in [0.3, 0.4) is 0 Å². The summed E-state index contributed by atoms with van der Waals surface area (Å²) in [5.74, 6) is -1.16. The van der Waals surface area contributed by atoms with Gasteiger partial charge in [-0.15, -0.1) is 0 Å². The molecule has 1 saturated heterocycles. The third kappa shape index (κ3) is 5.79. The molecule has 1 aliphatic carbocycles. The van der Waals surface area contributed by atoms with E-state index in [0.717, 1.165) is 5.57 Å². The molecule has 48 heavy (non-hydrogen) atoms. The molecule has 14 heteroatoms. The predicted octanol–water partition coefficient (Wildman–Crippen LogP) is 6.04. The highest BCUT2D eigenvalue weighted by atomic mass is 19.3. The second-order valence-electron chi connectivity index (χ2n) is 13.3. The molecule has 4 heterocycles. The molecule has 2 aromatic heterocycles. The van der Waals surface area contributed by atoms with Crippen LogP contribution < -0.4 is 9.64 Å². The number of piperidine rings is 1. The summed E-state index contributed by atoms with van der Waals surface area (Å²) in [5.41, 5.74) is 1.90. The van der Waals surface area contributed by atoms with Crippen LogP contribution in [0.2, 0.25) is 0 Å². The Balaban J connectivity index is 1.26. The van der Waals surface area contributed by atoms with Crippen LogP contribution in [-0.2, 0) is 16.1 Å². The van der Waals surface area contributed by atoms with Crippen molar-refractivity contribution in [3.63, 3.8) is 0 Å². The van der Waals surface area contributed by atoms with Crippen LogP contribution in [0, 0.1) is 17.7 Å². The molecule has 0 radical (unpaired) electrons. The topological polar surface area (TPSA) is 123 Å². The largest absolute Gasteiger partial charge is 0.481 e. The average Bonchev–Trinajstić information content (AvgIpc) is 3.52. The first-order valence-corrected chi connectivity index (χ1v) is 15.6. The number of halogens is 3. The van der Waals surface area contributed by atoms with Crippen LogP contribution in [0.15, 0.2) is 60.4 Å². The third-order valence-corrected chi connectivity index (χ3v) is 8.91. The van der Waals surface area contributed by atoms with Gasteiger partial charge in [0.05, 0.1) is 29.5 Å². The van der Waals surface area contributed by atoms with Crippen LogP contribution in [-0.4, -0.2) is 73.4 Å². The fourth-order valence-electron chi connectivity index (χ4n) is 6.95. The van der Waals surface area contributed by atoms with Gasteiger partial charge in [-0.3, -0.25) is 9.69 Å². The SMILES string of the molecule is CC(C)(C)OC(=O)N1Cc2nc3cc(F)c(-c4cnc(N5CC6=CC[C@H](C5)[C@H]6C(=O)O)nc4)cc3n2[C@@H](c2ccccc2OC(F)F)C1. The number of ether oxygens (including phenoxy) is 2. The molecule has 11 nitrogen and oxygen atoms in total. The lowest BCUT2D eigenvalue weighted by Crippen LogP contribution is -2.44. The minimum absolute atomic E-state index is 0.0444. The summed E-state index contributed by atoms with van der Waals surface area (Å²) in [5, 5.41) is 9.61. The number of amides is 1. The number of anilines is 1. The number of imidazole rings is 1. The van der Waals surface area contributed by atoms with E-state index in [9.17, 15) is 23.5 Å². The number of aliphatic carboxylic acids is 1. The Bertz CT molecular complexity index is 1940. The molecule has 1 amide bonds. The number of nitrogens with zero attached hydrogens (tertiary/aromatic N) is 6. The highest BCUT2D eigenvalue weighted by molar-refractivity contribution is 5.84. The lowest BCUT2D eigenvalue weighted by Gasteiger charge is -2.36. The molecule has 1 N–H and O–H groups in total. The van der Waals surface area contributed by atoms with E-state index >= 15 is 4.39 Å². The average molecular weight is 663 g/mol. The number of allylic oxidation sites excluding steroid dienone is 1. The van der Waals surface area contributed by atoms with Crippen LogP contribution in [0.4, 0.5) is 23.9 Å². The number of hydrogen-bond acceptors (Lipinski definition) is 8. The van der Waals surface area contributed by atoms with Crippen LogP contribution >= 0.6 is 0 Å². The summed E-state index contributed by atoms with van der Waals surface area (Å²) < 4.78 is 54.9. The van der Waals surface area contributed by atoms with Gasteiger partial charge in [-0.05, 0) is 50.8 Å². The number of para-hydroxylation sites is 1. The maximum absolute atomic E-state index is 15.7. The van der Waals surface area contributed by atoms with Crippen LogP contribution in [0.1, 0.15) is 44.6 Å². The number of carbonyl (C=O) groups is 2. The van der Waals surface area contributed by atoms with Gasteiger partial charge in [-0.2, -0.15) is 8.78 Å². The molecule has 1 fully saturated rings. The fourth-order valence-corrected chi connectivity index (χ4v) is 6.95. The van der Waals surface area contributed by atoms with E-state index in [-0.39, 0.29) is 30.3 Å². The van der Waals surface area contributed by atoms with Crippen molar-refractivity contribution in [2.24, 2.45) is 11.8 Å². The van der Waals surface area contributed by atoms with Crippen molar-refractivity contribution >= 4 is 29.0 Å². The van der Waals surface area contributed by atoms with Gasteiger partial charge in [-0.1, -0.05) is 24.3 Å². The molecule has 2 bridgehead atoms. The molecule has 2 aromatic carbocycles. The number of hydrogen-bond donors (Lipinski definition) is 1. The third-order valence-electron chi connectivity index (χ3n) is 8.91. The number of carboxylic acids is 1. The molecule has 4 aromatic rings. The first-order valence-electron chi connectivity index (χ1n) is 15.6. The molecule has 3 aliphatic rings. The highest BCUT2D eigenvalue weighted by Gasteiger charge is 2.41. The Hall–Kier alpha value is -5.14.